The lowest BCUT2D eigenvalue weighted by Gasteiger charge is -2.27. The van der Waals surface area contributed by atoms with Crippen LogP contribution in [0.25, 0.3) is 32.2 Å². The molecule has 1 fully saturated rings. The fourth-order valence-corrected chi connectivity index (χ4v) is 5.43. The summed E-state index contributed by atoms with van der Waals surface area (Å²) >= 11 is 1.54. The lowest BCUT2D eigenvalue weighted by molar-refractivity contribution is 0.0949. The zero-order chi connectivity index (χ0) is 20.2. The maximum Gasteiger partial charge on any atom is 0.263 e. The van der Waals surface area contributed by atoms with Crippen molar-refractivity contribution in [3.05, 3.63) is 59.0 Å². The molecule has 1 amide bonds. The number of amides is 1. The highest BCUT2D eigenvalue weighted by molar-refractivity contribution is 7.21. The fraction of sp³-hybridized carbons (Fsp3) is 0.250. The van der Waals surface area contributed by atoms with Crippen molar-refractivity contribution in [2.45, 2.75) is 18.9 Å². The molecule has 2 aliphatic heterocycles. The molecule has 0 saturated carbocycles. The molecule has 150 valence electrons. The number of rotatable bonds is 2. The summed E-state index contributed by atoms with van der Waals surface area (Å²) < 4.78 is 1.11. The van der Waals surface area contributed by atoms with Crippen molar-refractivity contribution in [3.63, 3.8) is 0 Å². The standard InChI is InChI=1S/C24H22N4OS/c1-13-10-26-22-21-17-6-7-18(15-4-2-14(3-5-15)16-11-25-12-16)28-19(17)8-9-20(21)30-23(22)24(29)27-13/h2-9,13,16,25-26H,10-12H2,1H3,(H,27,29)/t13-/m1/s1. The SMILES string of the molecule is C[C@@H]1CNc2c(sc3ccc4nc(-c5ccc(C6CNC6)cc5)ccc4c23)C(=O)N1. The number of carbonyl (C=O) groups is 1. The topological polar surface area (TPSA) is 66.0 Å². The van der Waals surface area contributed by atoms with E-state index in [1.54, 1.807) is 11.3 Å². The van der Waals surface area contributed by atoms with E-state index in [0.29, 0.717) is 5.92 Å². The smallest absolute Gasteiger partial charge is 0.263 e. The van der Waals surface area contributed by atoms with Gasteiger partial charge in [0.15, 0.2) is 0 Å². The Balaban J connectivity index is 1.44. The molecule has 2 aromatic heterocycles. The minimum atomic E-state index is 0.00295. The Morgan fingerprint density at radius 1 is 1.00 bits per heavy atom. The Hall–Kier alpha value is -2.96. The van der Waals surface area contributed by atoms with Crippen LogP contribution in [-0.2, 0) is 0 Å². The monoisotopic (exact) mass is 414 g/mol. The number of nitrogens with zero attached hydrogens (tertiary/aromatic N) is 1. The second-order valence-corrected chi connectivity index (χ2v) is 9.29. The number of hydrogen-bond acceptors (Lipinski definition) is 5. The van der Waals surface area contributed by atoms with Crippen molar-refractivity contribution >= 4 is 43.9 Å². The molecule has 0 radical (unpaired) electrons. The third kappa shape index (κ3) is 2.79. The van der Waals surface area contributed by atoms with Crippen LogP contribution in [0.15, 0.2) is 48.5 Å². The van der Waals surface area contributed by atoms with E-state index >= 15 is 0 Å². The molecule has 4 aromatic rings. The van der Waals surface area contributed by atoms with E-state index in [9.17, 15) is 4.79 Å². The Morgan fingerprint density at radius 3 is 2.60 bits per heavy atom. The van der Waals surface area contributed by atoms with E-state index in [4.69, 9.17) is 4.98 Å². The maximum atomic E-state index is 12.6. The first-order valence-corrected chi connectivity index (χ1v) is 11.2. The lowest BCUT2D eigenvalue weighted by atomic mass is 9.93. The third-order valence-corrected chi connectivity index (χ3v) is 7.30. The van der Waals surface area contributed by atoms with E-state index in [-0.39, 0.29) is 11.9 Å². The summed E-state index contributed by atoms with van der Waals surface area (Å²) in [4.78, 5) is 18.3. The van der Waals surface area contributed by atoms with Crippen LogP contribution in [0.4, 0.5) is 5.69 Å². The zero-order valence-electron chi connectivity index (χ0n) is 16.7. The summed E-state index contributed by atoms with van der Waals surface area (Å²) in [5.41, 5.74) is 5.38. The van der Waals surface area contributed by atoms with Gasteiger partial charge < -0.3 is 16.0 Å². The van der Waals surface area contributed by atoms with Crippen LogP contribution in [0.2, 0.25) is 0 Å². The molecule has 0 bridgehead atoms. The van der Waals surface area contributed by atoms with Crippen LogP contribution in [0, 0.1) is 0 Å². The number of fused-ring (bicyclic) bond motifs is 5. The first-order chi connectivity index (χ1) is 14.7. The second-order valence-electron chi connectivity index (χ2n) is 8.24. The molecule has 1 saturated heterocycles. The Kier molecular flexibility index (Phi) is 4.04. The van der Waals surface area contributed by atoms with Crippen LogP contribution in [0.1, 0.15) is 28.1 Å². The summed E-state index contributed by atoms with van der Waals surface area (Å²) in [7, 11) is 0. The van der Waals surface area contributed by atoms with Gasteiger partial charge in [-0.3, -0.25) is 4.79 Å². The summed E-state index contributed by atoms with van der Waals surface area (Å²) in [6.45, 7) is 4.87. The largest absolute Gasteiger partial charge is 0.381 e. The number of hydrogen-bond donors (Lipinski definition) is 3. The number of thiophene rings is 1. The molecule has 5 nitrogen and oxygen atoms in total. The van der Waals surface area contributed by atoms with Gasteiger partial charge in [0.1, 0.15) is 4.88 Å². The molecule has 2 aliphatic rings. The fourth-order valence-electron chi connectivity index (χ4n) is 4.34. The first-order valence-electron chi connectivity index (χ1n) is 10.4. The average Bonchev–Trinajstić information content (AvgIpc) is 3.04. The molecule has 6 heteroatoms. The van der Waals surface area contributed by atoms with Crippen LogP contribution in [0.3, 0.4) is 0 Å². The van der Waals surface area contributed by atoms with Crippen molar-refractivity contribution in [3.8, 4) is 11.3 Å². The van der Waals surface area contributed by atoms with Gasteiger partial charge in [-0.2, -0.15) is 0 Å². The van der Waals surface area contributed by atoms with E-state index < -0.39 is 0 Å². The number of pyridine rings is 1. The van der Waals surface area contributed by atoms with Gasteiger partial charge in [-0.15, -0.1) is 11.3 Å². The van der Waals surface area contributed by atoms with Crippen LogP contribution in [-0.4, -0.2) is 36.6 Å². The van der Waals surface area contributed by atoms with E-state index in [0.717, 1.165) is 62.4 Å². The summed E-state index contributed by atoms with van der Waals surface area (Å²) in [6, 6.07) is 17.3. The van der Waals surface area contributed by atoms with Gasteiger partial charge in [0, 0.05) is 52.6 Å². The molecule has 2 aromatic carbocycles. The quantitative estimate of drug-likeness (QED) is 0.456. The van der Waals surface area contributed by atoms with Crippen molar-refractivity contribution in [2.75, 3.05) is 25.0 Å². The van der Waals surface area contributed by atoms with E-state index in [2.05, 4.69) is 64.5 Å². The molecule has 3 N–H and O–H groups in total. The minimum absolute atomic E-state index is 0.00295. The Morgan fingerprint density at radius 2 is 1.83 bits per heavy atom. The molecule has 6 rings (SSSR count). The molecule has 0 spiro atoms. The predicted octanol–water partition coefficient (Wildman–Crippen LogP) is 4.35. The van der Waals surface area contributed by atoms with Gasteiger partial charge in [-0.05, 0) is 36.8 Å². The number of anilines is 1. The van der Waals surface area contributed by atoms with Crippen molar-refractivity contribution in [1.29, 1.82) is 0 Å². The lowest BCUT2D eigenvalue weighted by Crippen LogP contribution is -2.39. The average molecular weight is 415 g/mol. The van der Waals surface area contributed by atoms with E-state index in [1.807, 2.05) is 6.92 Å². The Labute approximate surface area is 178 Å². The molecule has 1 atom stereocenters. The summed E-state index contributed by atoms with van der Waals surface area (Å²) in [6.07, 6.45) is 0. The molecule has 0 aliphatic carbocycles. The molecule has 4 heterocycles. The van der Waals surface area contributed by atoms with Gasteiger partial charge >= 0.3 is 0 Å². The van der Waals surface area contributed by atoms with Crippen molar-refractivity contribution in [1.82, 2.24) is 15.6 Å². The summed E-state index contributed by atoms with van der Waals surface area (Å²) in [5.74, 6) is 0.640. The highest BCUT2D eigenvalue weighted by Crippen LogP contribution is 2.41. The highest BCUT2D eigenvalue weighted by atomic mass is 32.1. The maximum absolute atomic E-state index is 12.6. The molecular formula is C24H22N4OS. The molecule has 0 unspecified atom stereocenters. The minimum Gasteiger partial charge on any atom is -0.381 e. The normalized spacial score (nSPS) is 19.1. The number of aromatic nitrogens is 1. The van der Waals surface area contributed by atoms with Crippen LogP contribution < -0.4 is 16.0 Å². The number of nitrogens with one attached hydrogen (secondary N) is 3. The van der Waals surface area contributed by atoms with Gasteiger partial charge in [0.2, 0.25) is 0 Å². The van der Waals surface area contributed by atoms with Gasteiger partial charge in [-0.25, -0.2) is 4.98 Å². The van der Waals surface area contributed by atoms with E-state index in [1.165, 1.54) is 5.56 Å². The van der Waals surface area contributed by atoms with Crippen LogP contribution >= 0.6 is 11.3 Å². The van der Waals surface area contributed by atoms with Gasteiger partial charge in [-0.1, -0.05) is 24.3 Å². The first kappa shape index (κ1) is 17.9. The van der Waals surface area contributed by atoms with Crippen molar-refractivity contribution in [2.24, 2.45) is 0 Å². The predicted molar refractivity (Wildman–Crippen MR) is 124 cm³/mol. The number of benzene rings is 2. The van der Waals surface area contributed by atoms with Crippen molar-refractivity contribution < 1.29 is 4.79 Å². The van der Waals surface area contributed by atoms with Gasteiger partial charge in [0.05, 0.1) is 16.9 Å². The molecule has 30 heavy (non-hydrogen) atoms. The zero-order valence-corrected chi connectivity index (χ0v) is 17.5. The van der Waals surface area contributed by atoms with Gasteiger partial charge in [0.25, 0.3) is 5.91 Å². The molecular weight excluding hydrogens is 392 g/mol. The van der Waals surface area contributed by atoms with Crippen LogP contribution in [0.5, 0.6) is 0 Å². The summed E-state index contributed by atoms with van der Waals surface area (Å²) in [5, 5.41) is 12.0. The Bertz CT molecular complexity index is 1290. The second kappa shape index (κ2) is 6.79. The number of carbonyl (C=O) groups excluding carboxylic acids is 1. The highest BCUT2D eigenvalue weighted by Gasteiger charge is 2.25. The third-order valence-electron chi connectivity index (χ3n) is 6.15.